The van der Waals surface area contributed by atoms with Crippen LogP contribution < -0.4 is 0 Å². The summed E-state index contributed by atoms with van der Waals surface area (Å²) in [6.45, 7) is 19.1. The molecule has 0 fully saturated rings. The fraction of sp³-hybridized carbons (Fsp3) is 0.370. The number of pyridine rings is 2. The largest absolute Gasteiger partial charge is 0.512 e. The molecule has 0 aliphatic rings. The number of aliphatic hydroxyl groups is 1. The van der Waals surface area contributed by atoms with Crippen LogP contribution in [0, 0.1) is 37.2 Å². The van der Waals surface area contributed by atoms with Gasteiger partial charge >= 0.3 is 0 Å². The van der Waals surface area contributed by atoms with Crippen LogP contribution in [0.1, 0.15) is 91.1 Å². The molecule has 6 rings (SSSR count). The summed E-state index contributed by atoms with van der Waals surface area (Å²) < 4.78 is 2.54. The van der Waals surface area contributed by atoms with Crippen LogP contribution in [0.15, 0.2) is 84.8 Å². The van der Waals surface area contributed by atoms with E-state index in [0.29, 0.717) is 0 Å². The minimum atomic E-state index is 0. The van der Waals surface area contributed by atoms with Gasteiger partial charge in [0.05, 0.1) is 5.76 Å². The summed E-state index contributed by atoms with van der Waals surface area (Å²) in [5.41, 5.74) is 8.11. The number of aromatic nitrogens is 2. The van der Waals surface area contributed by atoms with E-state index in [1.165, 1.54) is 48.3 Å². The van der Waals surface area contributed by atoms with Crippen LogP contribution in [-0.4, -0.2) is 20.9 Å². The normalized spacial score (nSPS) is 12.0. The van der Waals surface area contributed by atoms with E-state index >= 15 is 0 Å². The third kappa shape index (κ3) is 9.64. The van der Waals surface area contributed by atoms with Crippen LogP contribution >= 0.6 is 11.3 Å². The van der Waals surface area contributed by atoms with Gasteiger partial charge in [0, 0.05) is 70.7 Å². The SMILES string of the molecule is CCC(CC)C(=O)/C=C(\O)C(CC)CC.Cc1cc(-c2cc(-c3nccc4c3sc3cc(CC(C)(C)C)ccc34)[c-]c3ccccc23)cc(C)n1.[Ir]. The second kappa shape index (κ2) is 17.9. The quantitative estimate of drug-likeness (QED) is 0.0845. The van der Waals surface area contributed by atoms with E-state index in [0.717, 1.165) is 60.1 Å². The molecule has 0 amide bonds. The van der Waals surface area contributed by atoms with Gasteiger partial charge in [-0.05, 0) is 97.5 Å². The number of allylic oxidation sites excluding steroid dienone is 2. The predicted molar refractivity (Wildman–Crippen MR) is 219 cm³/mol. The number of carbonyl (C=O) groups excluding carboxylic acids is 1. The zero-order valence-electron chi connectivity index (χ0n) is 32.2. The number of aryl methyl sites for hydroxylation is 2. The third-order valence-electron chi connectivity index (χ3n) is 9.69. The van der Waals surface area contributed by atoms with E-state index < -0.39 is 0 Å². The smallest absolute Gasteiger partial charge is 0.162 e. The fourth-order valence-corrected chi connectivity index (χ4v) is 8.29. The molecule has 0 aliphatic carbocycles. The molecule has 0 saturated heterocycles. The van der Waals surface area contributed by atoms with Crippen molar-refractivity contribution in [2.45, 2.75) is 94.4 Å². The molecule has 0 saturated carbocycles. The van der Waals surface area contributed by atoms with Crippen molar-refractivity contribution in [3.05, 3.63) is 108 Å². The number of aliphatic hydroxyl groups excluding tert-OH is 1. The van der Waals surface area contributed by atoms with Gasteiger partial charge < -0.3 is 5.11 Å². The van der Waals surface area contributed by atoms with Gasteiger partial charge in [0.1, 0.15) is 0 Å². The second-order valence-corrected chi connectivity index (χ2v) is 16.0. The van der Waals surface area contributed by atoms with E-state index in [1.54, 1.807) is 0 Å². The van der Waals surface area contributed by atoms with Crippen molar-refractivity contribution in [1.29, 1.82) is 0 Å². The van der Waals surface area contributed by atoms with Gasteiger partial charge in [-0.2, -0.15) is 0 Å². The van der Waals surface area contributed by atoms with Crippen molar-refractivity contribution in [3.8, 4) is 22.4 Å². The number of hydrogen-bond donors (Lipinski definition) is 1. The van der Waals surface area contributed by atoms with E-state index in [-0.39, 0.29) is 48.9 Å². The van der Waals surface area contributed by atoms with Gasteiger partial charge in [0.2, 0.25) is 0 Å². The summed E-state index contributed by atoms with van der Waals surface area (Å²) in [4.78, 5) is 21.2. The summed E-state index contributed by atoms with van der Waals surface area (Å²) in [7, 11) is 0. The molecule has 52 heavy (non-hydrogen) atoms. The number of fused-ring (bicyclic) bond motifs is 4. The van der Waals surface area contributed by atoms with Gasteiger partial charge in [0.25, 0.3) is 0 Å². The van der Waals surface area contributed by atoms with Crippen LogP contribution in [0.2, 0.25) is 0 Å². The number of thiophene rings is 1. The Morgan fingerprint density at radius 2 is 1.50 bits per heavy atom. The molecule has 3 aromatic carbocycles. The maximum absolute atomic E-state index is 11.7. The minimum Gasteiger partial charge on any atom is -0.512 e. The Morgan fingerprint density at radius 3 is 2.13 bits per heavy atom. The molecule has 4 nitrogen and oxygen atoms in total. The molecule has 275 valence electrons. The monoisotopic (exact) mass is 890 g/mol. The molecule has 0 bridgehead atoms. The number of carbonyl (C=O) groups is 1. The van der Waals surface area contributed by atoms with Crippen molar-refractivity contribution < 1.29 is 30.0 Å². The molecule has 1 radical (unpaired) electrons. The predicted octanol–water partition coefficient (Wildman–Crippen LogP) is 13.2. The standard InChI is InChI=1S/C33H29N2S.C13H24O2.Ir/c1-20-14-24(15-21(2)35-20)29-18-25(17-23-8-6-7-9-26(23)29)31-32-28(12-13-34-31)27-11-10-22(16-30(27)36-32)19-33(3,4)5;1-5-10(6-2)12(14)9-13(15)11(7-3)8-4;/h6-16,18H,19H2,1-5H3;9-11,14H,5-8H2,1-4H3;/q-1;;/b;12-9-;. The second-order valence-electron chi connectivity index (χ2n) is 15.0. The van der Waals surface area contributed by atoms with Crippen LogP contribution in [0.5, 0.6) is 0 Å². The van der Waals surface area contributed by atoms with E-state index in [4.69, 9.17) is 4.98 Å². The van der Waals surface area contributed by atoms with Gasteiger partial charge in [-0.15, -0.1) is 34.9 Å². The molecular weight excluding hydrogens is 837 g/mol. The maximum atomic E-state index is 11.7. The molecule has 1 N–H and O–H groups in total. The van der Waals surface area contributed by atoms with Gasteiger partial charge in [0.15, 0.2) is 5.78 Å². The summed E-state index contributed by atoms with van der Waals surface area (Å²) in [5.74, 6) is 0.547. The topological polar surface area (TPSA) is 63.1 Å². The Bertz CT molecular complexity index is 2160. The first-order valence-electron chi connectivity index (χ1n) is 18.5. The molecule has 6 aromatic rings. The van der Waals surface area contributed by atoms with Gasteiger partial charge in [-0.1, -0.05) is 95.3 Å². The zero-order valence-corrected chi connectivity index (χ0v) is 35.4. The van der Waals surface area contributed by atoms with Gasteiger partial charge in [-0.3, -0.25) is 14.8 Å². The van der Waals surface area contributed by atoms with Crippen molar-refractivity contribution in [1.82, 2.24) is 9.97 Å². The Morgan fingerprint density at radius 1 is 0.846 bits per heavy atom. The molecule has 0 aliphatic heterocycles. The maximum Gasteiger partial charge on any atom is 0.162 e. The van der Waals surface area contributed by atoms with Crippen molar-refractivity contribution in [2.24, 2.45) is 17.3 Å². The van der Waals surface area contributed by atoms with Gasteiger partial charge in [-0.25, -0.2) is 0 Å². The summed E-state index contributed by atoms with van der Waals surface area (Å²) in [6.07, 6.45) is 7.91. The summed E-state index contributed by atoms with van der Waals surface area (Å²) >= 11 is 1.84. The Labute approximate surface area is 328 Å². The third-order valence-corrected chi connectivity index (χ3v) is 10.9. The van der Waals surface area contributed by atoms with Crippen molar-refractivity contribution in [2.75, 3.05) is 0 Å². The van der Waals surface area contributed by atoms with Crippen molar-refractivity contribution >= 4 is 48.1 Å². The van der Waals surface area contributed by atoms with Crippen LogP contribution in [0.4, 0.5) is 0 Å². The Kier molecular flexibility index (Phi) is 14.1. The number of hydrogen-bond acceptors (Lipinski definition) is 5. The first-order chi connectivity index (χ1) is 24.3. The van der Waals surface area contributed by atoms with E-state index in [2.05, 4.69) is 112 Å². The number of nitrogens with zero attached hydrogens (tertiary/aromatic N) is 2. The van der Waals surface area contributed by atoms with Crippen molar-refractivity contribution in [3.63, 3.8) is 0 Å². The van der Waals surface area contributed by atoms with Crippen LogP contribution in [0.3, 0.4) is 0 Å². The molecule has 0 spiro atoms. The number of benzene rings is 3. The minimum absolute atomic E-state index is 0. The number of rotatable bonds is 10. The summed E-state index contributed by atoms with van der Waals surface area (Å²) in [5, 5.41) is 14.6. The molecule has 3 heterocycles. The Balaban J connectivity index is 0.000000323. The average Bonchev–Trinajstić information content (AvgIpc) is 3.46. The summed E-state index contributed by atoms with van der Waals surface area (Å²) in [6, 6.07) is 27.9. The van der Waals surface area contributed by atoms with Crippen LogP contribution in [0.25, 0.3) is 53.3 Å². The van der Waals surface area contributed by atoms with E-state index in [1.807, 2.05) is 45.2 Å². The molecular formula is C46H53IrN2O2S-. The molecule has 6 heteroatoms. The first-order valence-corrected chi connectivity index (χ1v) is 19.3. The van der Waals surface area contributed by atoms with E-state index in [9.17, 15) is 9.90 Å². The fourth-order valence-electron chi connectivity index (χ4n) is 7.03. The first kappa shape index (κ1) is 41.1. The number of ketones is 1. The van der Waals surface area contributed by atoms with Crippen LogP contribution in [-0.2, 0) is 31.3 Å². The molecule has 0 atom stereocenters. The Hall–Kier alpha value is -3.70. The molecule has 0 unspecified atom stereocenters. The average molecular weight is 890 g/mol. The molecule has 3 aromatic heterocycles. The zero-order chi connectivity index (χ0) is 36.9.